The molecule has 1 aromatic heterocycles. The maximum Gasteiger partial charge on any atom is 0.273 e. The summed E-state index contributed by atoms with van der Waals surface area (Å²) in [6.45, 7) is 0. The summed E-state index contributed by atoms with van der Waals surface area (Å²) in [4.78, 5) is 19.4. The summed E-state index contributed by atoms with van der Waals surface area (Å²) in [6.07, 6.45) is 11.0. The van der Waals surface area contributed by atoms with Gasteiger partial charge in [-0.15, -0.1) is 0 Å². The van der Waals surface area contributed by atoms with Crippen LogP contribution in [0.15, 0.2) is 96.7 Å². The average Bonchev–Trinajstić information content (AvgIpc) is 3.14. The number of nitrogens with one attached hydrogen (secondary N) is 2. The van der Waals surface area contributed by atoms with Crippen molar-refractivity contribution in [3.05, 3.63) is 107 Å². The molecule has 0 spiro atoms. The van der Waals surface area contributed by atoms with E-state index in [1.54, 1.807) is 12.4 Å². The normalized spacial score (nSPS) is 17.4. The van der Waals surface area contributed by atoms with E-state index in [9.17, 15) is 4.79 Å². The largest absolute Gasteiger partial charge is 0.355 e. The molecule has 0 fully saturated rings. The summed E-state index contributed by atoms with van der Waals surface area (Å²) >= 11 is 6.42. The molecule has 3 aromatic rings. The molecule has 29 heavy (non-hydrogen) atoms. The first kappa shape index (κ1) is 17.5. The first-order valence-corrected chi connectivity index (χ1v) is 9.63. The van der Waals surface area contributed by atoms with Crippen LogP contribution in [-0.4, -0.2) is 15.8 Å². The second-order valence-electron chi connectivity index (χ2n) is 6.79. The minimum absolute atomic E-state index is 0.205. The maximum absolute atomic E-state index is 13.2. The predicted molar refractivity (Wildman–Crippen MR) is 115 cm³/mol. The van der Waals surface area contributed by atoms with E-state index in [0.29, 0.717) is 10.7 Å². The van der Waals surface area contributed by atoms with Gasteiger partial charge in [0, 0.05) is 45.6 Å². The van der Waals surface area contributed by atoms with Crippen molar-refractivity contribution in [1.82, 2.24) is 15.2 Å². The quantitative estimate of drug-likeness (QED) is 0.667. The highest BCUT2D eigenvalue weighted by molar-refractivity contribution is 6.31. The Morgan fingerprint density at radius 3 is 2.90 bits per heavy atom. The Balaban J connectivity index is 1.50. The fourth-order valence-electron chi connectivity index (χ4n) is 3.70. The van der Waals surface area contributed by atoms with Crippen molar-refractivity contribution < 1.29 is 4.79 Å². The third-order valence-corrected chi connectivity index (χ3v) is 5.41. The molecule has 0 saturated carbocycles. The van der Waals surface area contributed by atoms with Crippen molar-refractivity contribution in [2.45, 2.75) is 6.17 Å². The van der Waals surface area contributed by atoms with Crippen LogP contribution >= 0.6 is 11.6 Å². The van der Waals surface area contributed by atoms with Crippen molar-refractivity contribution in [3.63, 3.8) is 0 Å². The molecule has 142 valence electrons. The number of pyridine rings is 1. The van der Waals surface area contributed by atoms with E-state index < -0.39 is 0 Å². The van der Waals surface area contributed by atoms with Gasteiger partial charge < -0.3 is 15.5 Å². The van der Waals surface area contributed by atoms with E-state index in [1.165, 1.54) is 0 Å². The van der Waals surface area contributed by atoms with Crippen LogP contribution in [0.3, 0.4) is 0 Å². The number of nitrogens with zero attached hydrogens (tertiary/aromatic N) is 2. The Hall–Kier alpha value is -3.57. The molecule has 1 atom stereocenters. The number of aromatic nitrogens is 1. The second-order valence-corrected chi connectivity index (χ2v) is 7.20. The van der Waals surface area contributed by atoms with E-state index in [1.807, 2.05) is 77.9 Å². The summed E-state index contributed by atoms with van der Waals surface area (Å²) in [7, 11) is 0. The van der Waals surface area contributed by atoms with Gasteiger partial charge in [0.15, 0.2) is 0 Å². The molecule has 0 aliphatic carbocycles. The Kier molecular flexibility index (Phi) is 4.30. The fraction of sp³-hybridized carbons (Fsp3) is 0.0435. The van der Waals surface area contributed by atoms with Crippen LogP contribution in [-0.2, 0) is 4.79 Å². The van der Waals surface area contributed by atoms with Crippen molar-refractivity contribution in [2.24, 2.45) is 0 Å². The summed E-state index contributed by atoms with van der Waals surface area (Å²) < 4.78 is 0. The van der Waals surface area contributed by atoms with E-state index in [2.05, 4.69) is 15.6 Å². The molecule has 0 bridgehead atoms. The smallest absolute Gasteiger partial charge is 0.273 e. The summed E-state index contributed by atoms with van der Waals surface area (Å²) in [5.41, 5.74) is 2.96. The number of hydrogen-bond donors (Lipinski definition) is 2. The lowest BCUT2D eigenvalue weighted by atomic mass is 10.1. The molecule has 0 saturated heterocycles. The third kappa shape index (κ3) is 3.05. The molecular weight excluding hydrogens is 384 g/mol. The zero-order valence-electron chi connectivity index (χ0n) is 15.3. The van der Waals surface area contributed by atoms with E-state index in [-0.39, 0.29) is 12.1 Å². The van der Waals surface area contributed by atoms with Gasteiger partial charge in [-0.1, -0.05) is 48.0 Å². The highest BCUT2D eigenvalue weighted by Gasteiger charge is 2.34. The monoisotopic (exact) mass is 400 g/mol. The number of hydrogen-bond acceptors (Lipinski definition) is 4. The highest BCUT2D eigenvalue weighted by Crippen LogP contribution is 2.37. The van der Waals surface area contributed by atoms with Gasteiger partial charge in [0.1, 0.15) is 11.9 Å². The topological polar surface area (TPSA) is 57.3 Å². The Morgan fingerprint density at radius 1 is 1.10 bits per heavy atom. The molecule has 6 heteroatoms. The lowest BCUT2D eigenvalue weighted by molar-refractivity contribution is -0.113. The number of halogens is 1. The number of fused-ring (bicyclic) bond motifs is 2. The van der Waals surface area contributed by atoms with Gasteiger partial charge in [-0.25, -0.2) is 0 Å². The van der Waals surface area contributed by atoms with Gasteiger partial charge in [-0.05, 0) is 30.4 Å². The highest BCUT2D eigenvalue weighted by atomic mass is 35.5. The van der Waals surface area contributed by atoms with Crippen LogP contribution in [0.2, 0.25) is 5.02 Å². The molecule has 0 radical (unpaired) electrons. The first-order valence-electron chi connectivity index (χ1n) is 9.25. The molecule has 3 heterocycles. The molecule has 2 aliphatic heterocycles. The molecule has 2 aliphatic rings. The molecule has 5 nitrogen and oxygen atoms in total. The Bertz CT molecular complexity index is 1210. The minimum Gasteiger partial charge on any atom is -0.355 e. The van der Waals surface area contributed by atoms with Gasteiger partial charge in [-0.3, -0.25) is 9.78 Å². The van der Waals surface area contributed by atoms with Crippen LogP contribution < -0.4 is 10.6 Å². The fourth-order valence-corrected chi connectivity index (χ4v) is 3.94. The minimum atomic E-state index is -0.252. The zero-order valence-corrected chi connectivity index (χ0v) is 16.1. The van der Waals surface area contributed by atoms with Crippen LogP contribution in [0, 0.1) is 0 Å². The number of amides is 1. The number of rotatable bonds is 3. The Morgan fingerprint density at radius 2 is 2.00 bits per heavy atom. The molecule has 1 unspecified atom stereocenters. The molecular formula is C23H17ClN4O. The van der Waals surface area contributed by atoms with Crippen molar-refractivity contribution >= 4 is 34.0 Å². The molecule has 5 rings (SSSR count). The lowest BCUT2D eigenvalue weighted by Crippen LogP contribution is -2.28. The first-order chi connectivity index (χ1) is 14.2. The number of allylic oxidation sites excluding steroid dienone is 3. The molecule has 2 aromatic carbocycles. The zero-order chi connectivity index (χ0) is 19.8. The van der Waals surface area contributed by atoms with Gasteiger partial charge in [0.25, 0.3) is 5.91 Å². The average molecular weight is 401 g/mol. The van der Waals surface area contributed by atoms with Crippen LogP contribution in [0.5, 0.6) is 0 Å². The van der Waals surface area contributed by atoms with Crippen molar-refractivity contribution in [1.29, 1.82) is 0 Å². The number of benzene rings is 2. The maximum atomic E-state index is 13.2. The van der Waals surface area contributed by atoms with E-state index in [4.69, 9.17) is 11.6 Å². The SMILES string of the molecule is O=C(Nc1cccc2cnccc12)C1=C2C=CC=CN2C(c2ccccc2Cl)N1. The van der Waals surface area contributed by atoms with Crippen LogP contribution in [0.25, 0.3) is 10.8 Å². The summed E-state index contributed by atoms with van der Waals surface area (Å²) in [5, 5.41) is 8.96. The number of carbonyl (C=O) groups excluding carboxylic acids is 1. The van der Waals surface area contributed by atoms with Crippen molar-refractivity contribution in [3.8, 4) is 0 Å². The summed E-state index contributed by atoms with van der Waals surface area (Å²) in [5.74, 6) is -0.205. The van der Waals surface area contributed by atoms with E-state index in [0.717, 1.165) is 27.7 Å². The lowest BCUT2D eigenvalue weighted by Gasteiger charge is -2.26. The summed E-state index contributed by atoms with van der Waals surface area (Å²) in [6, 6.07) is 15.3. The van der Waals surface area contributed by atoms with Crippen molar-refractivity contribution in [2.75, 3.05) is 5.32 Å². The van der Waals surface area contributed by atoms with Gasteiger partial charge in [0.2, 0.25) is 0 Å². The number of carbonyl (C=O) groups is 1. The van der Waals surface area contributed by atoms with Crippen LogP contribution in [0.4, 0.5) is 5.69 Å². The van der Waals surface area contributed by atoms with Crippen LogP contribution in [0.1, 0.15) is 11.7 Å². The predicted octanol–water partition coefficient (Wildman–Crippen LogP) is 4.73. The second kappa shape index (κ2) is 7.11. The standard InChI is InChI=1S/C23H17ClN4O/c24-18-8-2-1-7-17(18)22-27-21(20-10-3-4-13-28(20)22)23(29)26-19-9-5-6-15-14-25-12-11-16(15)19/h1-14,22,27H,(H,26,29). The van der Waals surface area contributed by atoms with Gasteiger partial charge in [-0.2, -0.15) is 0 Å². The third-order valence-electron chi connectivity index (χ3n) is 5.06. The van der Waals surface area contributed by atoms with E-state index >= 15 is 0 Å². The molecule has 2 N–H and O–H groups in total. The number of anilines is 1. The van der Waals surface area contributed by atoms with Gasteiger partial charge >= 0.3 is 0 Å². The molecule has 1 amide bonds. The van der Waals surface area contributed by atoms with Gasteiger partial charge in [0.05, 0.1) is 5.70 Å². The Labute approximate surface area is 173 Å².